The van der Waals surface area contributed by atoms with Crippen molar-refractivity contribution in [1.29, 1.82) is 0 Å². The van der Waals surface area contributed by atoms with Gasteiger partial charge in [0.15, 0.2) is 17.2 Å². The largest absolute Gasteiger partial charge is 0.485 e. The lowest BCUT2D eigenvalue weighted by Gasteiger charge is -2.38. The zero-order valence-corrected chi connectivity index (χ0v) is 24.9. The van der Waals surface area contributed by atoms with Crippen molar-refractivity contribution in [2.45, 2.75) is 64.1 Å². The van der Waals surface area contributed by atoms with Gasteiger partial charge in [-0.15, -0.1) is 0 Å². The molecule has 4 N–H and O–H groups in total. The predicted octanol–water partition coefficient (Wildman–Crippen LogP) is 4.25. The van der Waals surface area contributed by atoms with Crippen molar-refractivity contribution in [3.63, 3.8) is 0 Å². The molecule has 1 fully saturated rings. The summed E-state index contributed by atoms with van der Waals surface area (Å²) >= 11 is 0. The molecule has 0 bridgehead atoms. The quantitative estimate of drug-likeness (QED) is 0.375. The van der Waals surface area contributed by atoms with Crippen LogP contribution in [0.3, 0.4) is 0 Å². The molecule has 5 amide bonds. The zero-order chi connectivity index (χ0) is 30.5. The van der Waals surface area contributed by atoms with Gasteiger partial charge < -0.3 is 45.1 Å². The molecule has 0 radical (unpaired) electrons. The van der Waals surface area contributed by atoms with Crippen molar-refractivity contribution in [2.75, 3.05) is 44.2 Å². The molecule has 232 valence electrons. The van der Waals surface area contributed by atoms with Crippen molar-refractivity contribution in [2.24, 2.45) is 5.92 Å². The first-order valence-electron chi connectivity index (χ1n) is 14.9. The standard InChI is InChI=1S/C31H41N5O7/c1-19-15-36(20(2)17-37)29(38)23-10-7-11-24(34-30(39)32-21-8-5-4-6-9-21)28(23)43-27(19)16-35(3)31(40)33-22-12-13-25-26(14-22)42-18-41-25/h7,10-14,19-21,27,37H,4-6,8-9,15-18H2,1-3H3,(H,33,40)(H2,32,34,39)/t19-,20+,27+/m0/s1. The second-order valence-electron chi connectivity index (χ2n) is 11.6. The van der Waals surface area contributed by atoms with Crippen molar-refractivity contribution < 1.29 is 33.7 Å². The summed E-state index contributed by atoms with van der Waals surface area (Å²) in [6.45, 7) is 4.15. The highest BCUT2D eigenvalue weighted by molar-refractivity contribution is 6.01. The van der Waals surface area contributed by atoms with E-state index in [2.05, 4.69) is 16.0 Å². The SMILES string of the molecule is C[C@H](CO)N1C[C@H](C)[C@@H](CN(C)C(=O)Nc2ccc3c(c2)OCO3)Oc2c(NC(=O)NC3CCCCC3)cccc2C1=O. The lowest BCUT2D eigenvalue weighted by Crippen LogP contribution is -2.50. The van der Waals surface area contributed by atoms with Crippen molar-refractivity contribution in [3.8, 4) is 17.2 Å². The molecule has 3 aliphatic rings. The third kappa shape index (κ3) is 7.07. The summed E-state index contributed by atoms with van der Waals surface area (Å²) in [6.07, 6.45) is 4.66. The summed E-state index contributed by atoms with van der Waals surface area (Å²) in [6, 6.07) is 9.18. The zero-order valence-electron chi connectivity index (χ0n) is 24.9. The van der Waals surface area contributed by atoms with Crippen LogP contribution in [0, 0.1) is 5.92 Å². The number of aliphatic hydroxyl groups is 1. The smallest absolute Gasteiger partial charge is 0.321 e. The Morgan fingerprint density at radius 2 is 1.86 bits per heavy atom. The number of benzene rings is 2. The van der Waals surface area contributed by atoms with Crippen molar-refractivity contribution in [3.05, 3.63) is 42.0 Å². The first-order valence-corrected chi connectivity index (χ1v) is 14.9. The number of nitrogens with zero attached hydrogens (tertiary/aromatic N) is 2. The van der Waals surface area contributed by atoms with Crippen LogP contribution >= 0.6 is 0 Å². The number of hydrogen-bond donors (Lipinski definition) is 4. The third-order valence-electron chi connectivity index (χ3n) is 8.30. The molecule has 0 spiro atoms. The Hall–Kier alpha value is -4.19. The Labute approximate surface area is 251 Å². The van der Waals surface area contributed by atoms with Crippen LogP contribution in [-0.2, 0) is 0 Å². The van der Waals surface area contributed by atoms with E-state index in [4.69, 9.17) is 14.2 Å². The predicted molar refractivity (Wildman–Crippen MR) is 161 cm³/mol. The van der Waals surface area contributed by atoms with Gasteiger partial charge in [-0.2, -0.15) is 0 Å². The van der Waals surface area contributed by atoms with Crippen molar-refractivity contribution in [1.82, 2.24) is 15.1 Å². The lowest BCUT2D eigenvalue weighted by molar-refractivity contribution is 0.0373. The van der Waals surface area contributed by atoms with E-state index in [9.17, 15) is 19.5 Å². The molecular formula is C31H41N5O7. The Morgan fingerprint density at radius 3 is 2.63 bits per heavy atom. The summed E-state index contributed by atoms with van der Waals surface area (Å²) < 4.78 is 17.3. The van der Waals surface area contributed by atoms with E-state index in [1.54, 1.807) is 55.3 Å². The molecule has 2 heterocycles. The van der Waals surface area contributed by atoms with Crippen LogP contribution in [0.2, 0.25) is 0 Å². The molecule has 0 unspecified atom stereocenters. The number of aliphatic hydroxyl groups excluding tert-OH is 1. The fourth-order valence-corrected chi connectivity index (χ4v) is 5.70. The first kappa shape index (κ1) is 30.3. The molecule has 2 aromatic rings. The highest BCUT2D eigenvalue weighted by Gasteiger charge is 2.35. The van der Waals surface area contributed by atoms with E-state index in [-0.39, 0.29) is 61.2 Å². The minimum absolute atomic E-state index is 0.104. The number of fused-ring (bicyclic) bond motifs is 2. The molecule has 1 aliphatic carbocycles. The molecule has 2 aromatic carbocycles. The van der Waals surface area contributed by atoms with Crippen molar-refractivity contribution >= 4 is 29.3 Å². The molecule has 2 aliphatic heterocycles. The Kier molecular flexibility index (Phi) is 9.44. The number of para-hydroxylation sites is 1. The number of nitrogens with one attached hydrogen (secondary N) is 3. The highest BCUT2D eigenvalue weighted by atomic mass is 16.7. The van der Waals surface area contributed by atoms with E-state index in [1.165, 1.54) is 11.3 Å². The molecule has 5 rings (SSSR count). The Morgan fingerprint density at radius 1 is 1.09 bits per heavy atom. The monoisotopic (exact) mass is 595 g/mol. The van der Waals surface area contributed by atoms with Gasteiger partial charge in [-0.3, -0.25) is 4.79 Å². The number of likely N-dealkylation sites (N-methyl/N-ethyl adjacent to an activating group) is 1. The van der Waals surface area contributed by atoms with Crippen LogP contribution in [-0.4, -0.2) is 84.6 Å². The van der Waals surface area contributed by atoms with Gasteiger partial charge in [0.25, 0.3) is 5.91 Å². The number of carbonyl (C=O) groups excluding carboxylic acids is 3. The van der Waals surface area contributed by atoms with Gasteiger partial charge in [-0.05, 0) is 44.0 Å². The van der Waals surface area contributed by atoms with Crippen LogP contribution < -0.4 is 30.2 Å². The van der Waals surface area contributed by atoms with Crippen LogP contribution in [0.25, 0.3) is 0 Å². The summed E-state index contributed by atoms with van der Waals surface area (Å²) in [5, 5.41) is 18.8. The maximum atomic E-state index is 13.7. The minimum Gasteiger partial charge on any atom is -0.485 e. The number of ether oxygens (including phenoxy) is 3. The van der Waals surface area contributed by atoms with Crippen LogP contribution in [0.5, 0.6) is 17.2 Å². The average Bonchev–Trinajstić information content (AvgIpc) is 3.47. The molecule has 12 heteroatoms. The third-order valence-corrected chi connectivity index (χ3v) is 8.30. The van der Waals surface area contributed by atoms with E-state index in [1.807, 2.05) is 6.92 Å². The molecule has 1 saturated carbocycles. The maximum Gasteiger partial charge on any atom is 0.321 e. The fourth-order valence-electron chi connectivity index (χ4n) is 5.70. The number of urea groups is 2. The van der Waals surface area contributed by atoms with Gasteiger partial charge in [0.05, 0.1) is 30.4 Å². The van der Waals surface area contributed by atoms with Crippen LogP contribution in [0.4, 0.5) is 21.0 Å². The van der Waals surface area contributed by atoms with Gasteiger partial charge in [-0.1, -0.05) is 32.3 Å². The number of carbonyl (C=O) groups is 3. The van der Waals surface area contributed by atoms with Crippen LogP contribution in [0.15, 0.2) is 36.4 Å². The molecule has 3 atom stereocenters. The maximum absolute atomic E-state index is 13.7. The lowest BCUT2D eigenvalue weighted by atomic mass is 9.96. The molecule has 0 saturated heterocycles. The molecular weight excluding hydrogens is 554 g/mol. The average molecular weight is 596 g/mol. The van der Waals surface area contributed by atoms with E-state index in [0.717, 1.165) is 25.7 Å². The number of anilines is 2. The number of rotatable bonds is 7. The summed E-state index contributed by atoms with van der Waals surface area (Å²) in [4.78, 5) is 43.0. The van der Waals surface area contributed by atoms with Gasteiger partial charge in [0.2, 0.25) is 6.79 Å². The summed E-state index contributed by atoms with van der Waals surface area (Å²) in [5.41, 5.74) is 1.20. The summed E-state index contributed by atoms with van der Waals surface area (Å²) in [7, 11) is 1.67. The van der Waals surface area contributed by atoms with E-state index in [0.29, 0.717) is 29.4 Å². The first-order chi connectivity index (χ1) is 20.7. The topological polar surface area (TPSA) is 142 Å². The van der Waals surface area contributed by atoms with E-state index < -0.39 is 12.1 Å². The Balaban J connectivity index is 1.36. The van der Waals surface area contributed by atoms with Crippen LogP contribution in [0.1, 0.15) is 56.3 Å². The number of hydrogen-bond acceptors (Lipinski definition) is 7. The van der Waals surface area contributed by atoms with Gasteiger partial charge in [-0.25, -0.2) is 9.59 Å². The minimum atomic E-state index is -0.544. The van der Waals surface area contributed by atoms with Gasteiger partial charge in [0.1, 0.15) is 6.10 Å². The highest BCUT2D eigenvalue weighted by Crippen LogP contribution is 2.36. The Bertz CT molecular complexity index is 1330. The molecule has 0 aromatic heterocycles. The number of amides is 5. The van der Waals surface area contributed by atoms with Gasteiger partial charge >= 0.3 is 12.1 Å². The second kappa shape index (κ2) is 13.4. The summed E-state index contributed by atoms with van der Waals surface area (Å²) in [5.74, 6) is 0.893. The molecule has 43 heavy (non-hydrogen) atoms. The van der Waals surface area contributed by atoms with Gasteiger partial charge in [0, 0.05) is 37.3 Å². The molecule has 12 nitrogen and oxygen atoms in total. The normalized spacial score (nSPS) is 20.7. The second-order valence-corrected chi connectivity index (χ2v) is 11.6. The van der Waals surface area contributed by atoms with E-state index >= 15 is 0 Å². The fraction of sp³-hybridized carbons (Fsp3) is 0.516.